The normalized spacial score (nSPS) is 10.8. The van der Waals surface area contributed by atoms with Gasteiger partial charge in [0.25, 0.3) is 0 Å². The minimum Gasteiger partial charge on any atom is -0.300 e. The zero-order valence-corrected chi connectivity index (χ0v) is 9.43. The number of para-hydroxylation sites is 2. The number of imidazole rings is 1. The van der Waals surface area contributed by atoms with Gasteiger partial charge in [0.2, 0.25) is 0 Å². The third kappa shape index (κ3) is 1.46. The first-order valence-corrected chi connectivity index (χ1v) is 5.48. The quantitative estimate of drug-likeness (QED) is 0.602. The molecule has 0 unspecified atom stereocenters. The van der Waals surface area contributed by atoms with Crippen LogP contribution >= 0.6 is 0 Å². The molecule has 0 spiro atoms. The molecule has 17 heavy (non-hydrogen) atoms. The van der Waals surface area contributed by atoms with Crippen molar-refractivity contribution in [2.24, 2.45) is 0 Å². The highest BCUT2D eigenvalue weighted by Gasteiger charge is 2.04. The Morgan fingerprint density at radius 2 is 2.06 bits per heavy atom. The second kappa shape index (κ2) is 3.59. The first-order chi connectivity index (χ1) is 8.29. The smallest absolute Gasteiger partial charge is 0.138 e. The van der Waals surface area contributed by atoms with Crippen LogP contribution in [0, 0.1) is 0 Å². The minimum atomic E-state index is 0.916. The lowest BCUT2D eigenvalue weighted by Gasteiger charge is -2.01. The van der Waals surface area contributed by atoms with E-state index in [0.29, 0.717) is 0 Å². The molecular formula is C15H12N2. The Bertz CT molecular complexity index is 735. The highest BCUT2D eigenvalue weighted by Crippen LogP contribution is 2.20. The van der Waals surface area contributed by atoms with Crippen molar-refractivity contribution >= 4 is 22.3 Å². The Morgan fingerprint density at radius 1 is 1.24 bits per heavy atom. The van der Waals surface area contributed by atoms with Crippen LogP contribution < -0.4 is 0 Å². The summed E-state index contributed by atoms with van der Waals surface area (Å²) in [4.78, 5) is 4.58. The Hall–Kier alpha value is -2.35. The molecule has 0 aliphatic rings. The standard InChI is InChI=1S/C15H12N2/c1-3-11(2)12-8-9-17-14-7-5-4-6-13(14)16-15(17)10-12/h3-10H,1-2H2. The van der Waals surface area contributed by atoms with Crippen LogP contribution in [0.1, 0.15) is 5.56 Å². The number of hydrogen-bond acceptors (Lipinski definition) is 1. The van der Waals surface area contributed by atoms with E-state index in [4.69, 9.17) is 0 Å². The van der Waals surface area contributed by atoms with E-state index in [9.17, 15) is 0 Å². The van der Waals surface area contributed by atoms with Gasteiger partial charge in [0.05, 0.1) is 11.0 Å². The summed E-state index contributed by atoms with van der Waals surface area (Å²) < 4.78 is 2.08. The van der Waals surface area contributed by atoms with Crippen molar-refractivity contribution in [3.05, 3.63) is 67.4 Å². The number of fused-ring (bicyclic) bond motifs is 3. The third-order valence-electron chi connectivity index (χ3n) is 2.93. The van der Waals surface area contributed by atoms with Gasteiger partial charge in [0, 0.05) is 6.20 Å². The summed E-state index contributed by atoms with van der Waals surface area (Å²) >= 11 is 0. The molecular weight excluding hydrogens is 208 g/mol. The topological polar surface area (TPSA) is 17.3 Å². The number of aromatic nitrogens is 2. The Balaban J connectivity index is 2.34. The maximum Gasteiger partial charge on any atom is 0.138 e. The lowest BCUT2D eigenvalue weighted by molar-refractivity contribution is 1.22. The Labute approximate surface area is 99.5 Å². The summed E-state index contributed by atoms with van der Waals surface area (Å²) in [7, 11) is 0. The highest BCUT2D eigenvalue weighted by atomic mass is 15.0. The van der Waals surface area contributed by atoms with Gasteiger partial charge in [0.1, 0.15) is 5.65 Å². The molecule has 0 N–H and O–H groups in total. The van der Waals surface area contributed by atoms with E-state index < -0.39 is 0 Å². The Morgan fingerprint density at radius 3 is 2.88 bits per heavy atom. The van der Waals surface area contributed by atoms with E-state index >= 15 is 0 Å². The monoisotopic (exact) mass is 220 g/mol. The van der Waals surface area contributed by atoms with Gasteiger partial charge in [-0.3, -0.25) is 4.40 Å². The van der Waals surface area contributed by atoms with Crippen molar-refractivity contribution in [2.75, 3.05) is 0 Å². The second-order valence-corrected chi connectivity index (χ2v) is 3.97. The molecule has 0 radical (unpaired) electrons. The summed E-state index contributed by atoms with van der Waals surface area (Å²) in [6, 6.07) is 12.2. The first kappa shape index (κ1) is 9.85. The summed E-state index contributed by atoms with van der Waals surface area (Å²) in [5, 5.41) is 0. The average molecular weight is 220 g/mol. The van der Waals surface area contributed by atoms with Gasteiger partial charge in [-0.05, 0) is 35.4 Å². The molecule has 0 saturated carbocycles. The Kier molecular flexibility index (Phi) is 2.08. The van der Waals surface area contributed by atoms with Crippen molar-refractivity contribution in [3.8, 4) is 0 Å². The van der Waals surface area contributed by atoms with Crippen LogP contribution in [0.3, 0.4) is 0 Å². The molecule has 3 aromatic rings. The fourth-order valence-electron chi connectivity index (χ4n) is 1.98. The molecule has 3 rings (SSSR count). The van der Waals surface area contributed by atoms with Crippen LogP contribution in [0.4, 0.5) is 0 Å². The van der Waals surface area contributed by atoms with Crippen molar-refractivity contribution in [1.82, 2.24) is 9.38 Å². The van der Waals surface area contributed by atoms with E-state index in [1.165, 1.54) is 0 Å². The summed E-state index contributed by atoms with van der Waals surface area (Å²) in [6.07, 6.45) is 3.78. The highest BCUT2D eigenvalue weighted by molar-refractivity contribution is 5.82. The van der Waals surface area contributed by atoms with Crippen LogP contribution in [-0.4, -0.2) is 9.38 Å². The largest absolute Gasteiger partial charge is 0.300 e. The lowest BCUT2D eigenvalue weighted by Crippen LogP contribution is -1.86. The number of allylic oxidation sites excluding steroid dienone is 2. The molecule has 82 valence electrons. The number of hydrogen-bond donors (Lipinski definition) is 0. The van der Waals surface area contributed by atoms with Gasteiger partial charge in [-0.25, -0.2) is 4.98 Å². The summed E-state index contributed by atoms with van der Waals surface area (Å²) in [5.41, 5.74) is 5.04. The number of benzene rings is 1. The molecule has 2 nitrogen and oxygen atoms in total. The van der Waals surface area contributed by atoms with Crippen LogP contribution in [0.5, 0.6) is 0 Å². The molecule has 2 aromatic heterocycles. The first-order valence-electron chi connectivity index (χ1n) is 5.48. The molecule has 2 heterocycles. The second-order valence-electron chi connectivity index (χ2n) is 3.97. The van der Waals surface area contributed by atoms with E-state index in [0.717, 1.165) is 27.8 Å². The number of rotatable bonds is 2. The van der Waals surface area contributed by atoms with E-state index in [2.05, 4.69) is 28.6 Å². The van der Waals surface area contributed by atoms with E-state index in [1.54, 1.807) is 6.08 Å². The summed E-state index contributed by atoms with van der Waals surface area (Å²) in [5.74, 6) is 0. The maximum atomic E-state index is 4.58. The fraction of sp³-hybridized carbons (Fsp3) is 0. The van der Waals surface area contributed by atoms with Crippen molar-refractivity contribution in [3.63, 3.8) is 0 Å². The van der Waals surface area contributed by atoms with E-state index in [-0.39, 0.29) is 0 Å². The number of pyridine rings is 1. The molecule has 0 amide bonds. The van der Waals surface area contributed by atoms with Crippen LogP contribution in [0.15, 0.2) is 61.8 Å². The van der Waals surface area contributed by atoms with Gasteiger partial charge < -0.3 is 0 Å². The minimum absolute atomic E-state index is 0.916. The zero-order valence-electron chi connectivity index (χ0n) is 9.43. The molecule has 0 aliphatic carbocycles. The predicted octanol–water partition coefficient (Wildman–Crippen LogP) is 3.69. The molecule has 0 saturated heterocycles. The molecule has 0 aliphatic heterocycles. The molecule has 0 fully saturated rings. The van der Waals surface area contributed by atoms with Crippen LogP contribution in [0.25, 0.3) is 22.3 Å². The molecule has 1 aromatic carbocycles. The molecule has 2 heteroatoms. The van der Waals surface area contributed by atoms with Gasteiger partial charge in [0.15, 0.2) is 0 Å². The van der Waals surface area contributed by atoms with Gasteiger partial charge >= 0.3 is 0 Å². The maximum absolute atomic E-state index is 4.58. The van der Waals surface area contributed by atoms with Crippen LogP contribution in [-0.2, 0) is 0 Å². The number of nitrogens with zero attached hydrogens (tertiary/aromatic N) is 2. The van der Waals surface area contributed by atoms with Crippen molar-refractivity contribution < 1.29 is 0 Å². The van der Waals surface area contributed by atoms with Crippen molar-refractivity contribution in [2.45, 2.75) is 0 Å². The third-order valence-corrected chi connectivity index (χ3v) is 2.93. The molecule has 0 atom stereocenters. The predicted molar refractivity (Wildman–Crippen MR) is 71.9 cm³/mol. The SMILES string of the molecule is C=CC(=C)c1ccn2c(c1)nc1ccccc12. The lowest BCUT2D eigenvalue weighted by atomic mass is 10.1. The van der Waals surface area contributed by atoms with Gasteiger partial charge in [-0.2, -0.15) is 0 Å². The van der Waals surface area contributed by atoms with Gasteiger partial charge in [-0.15, -0.1) is 0 Å². The van der Waals surface area contributed by atoms with E-state index in [1.807, 2.05) is 36.5 Å². The van der Waals surface area contributed by atoms with Gasteiger partial charge in [-0.1, -0.05) is 31.4 Å². The average Bonchev–Trinajstić information content (AvgIpc) is 2.75. The fourth-order valence-corrected chi connectivity index (χ4v) is 1.98. The molecule has 0 bridgehead atoms. The zero-order chi connectivity index (χ0) is 11.8. The van der Waals surface area contributed by atoms with Crippen molar-refractivity contribution in [1.29, 1.82) is 0 Å². The summed E-state index contributed by atoms with van der Waals surface area (Å²) in [6.45, 7) is 7.68. The van der Waals surface area contributed by atoms with Crippen LogP contribution in [0.2, 0.25) is 0 Å².